The fourth-order valence-electron chi connectivity index (χ4n) is 3.95. The van der Waals surface area contributed by atoms with E-state index in [9.17, 15) is 14.6 Å². The molecule has 160 valence electrons. The summed E-state index contributed by atoms with van der Waals surface area (Å²) in [6, 6.07) is 11.1. The van der Waals surface area contributed by atoms with Crippen molar-refractivity contribution >= 4 is 21.9 Å². The molecule has 0 bridgehead atoms. The number of hydrogen-bond acceptors (Lipinski definition) is 6. The zero-order chi connectivity index (χ0) is 22.5. The second-order valence-corrected chi connectivity index (χ2v) is 7.63. The number of hydrogen-bond donors (Lipinski definition) is 4. The molecule has 6 rings (SSSR count). The molecule has 5 heterocycles. The number of H-pyrrole nitrogens is 2. The van der Waals surface area contributed by atoms with Gasteiger partial charge >= 0.3 is 0 Å². The molecule has 6 aromatic rings. The van der Waals surface area contributed by atoms with E-state index in [2.05, 4.69) is 25.1 Å². The van der Waals surface area contributed by atoms with E-state index in [1.54, 1.807) is 24.7 Å². The van der Waals surface area contributed by atoms with E-state index in [4.69, 9.17) is 4.98 Å². The molecule has 0 saturated heterocycles. The van der Waals surface area contributed by atoms with Crippen LogP contribution in [0.3, 0.4) is 0 Å². The first-order valence-corrected chi connectivity index (χ1v) is 10.0. The molecule has 4 N–H and O–H groups in total. The van der Waals surface area contributed by atoms with Crippen molar-refractivity contribution in [2.45, 2.75) is 0 Å². The predicted octanol–water partition coefficient (Wildman–Crippen LogP) is 4.78. The fraction of sp³-hybridized carbons (Fsp3) is 0. The van der Waals surface area contributed by atoms with E-state index in [-0.39, 0.29) is 11.5 Å². The zero-order valence-electron chi connectivity index (χ0n) is 16.9. The third-order valence-corrected chi connectivity index (χ3v) is 5.42. The van der Waals surface area contributed by atoms with Crippen LogP contribution in [0, 0.1) is 5.82 Å². The number of aromatic hydroxyl groups is 2. The molecule has 0 aliphatic carbocycles. The second-order valence-electron chi connectivity index (χ2n) is 7.63. The first kappa shape index (κ1) is 18.9. The maximum absolute atomic E-state index is 13.9. The van der Waals surface area contributed by atoms with Crippen molar-refractivity contribution in [2.24, 2.45) is 0 Å². The minimum Gasteiger partial charge on any atom is -0.508 e. The summed E-state index contributed by atoms with van der Waals surface area (Å²) in [7, 11) is 0. The Balaban J connectivity index is 1.51. The van der Waals surface area contributed by atoms with Crippen molar-refractivity contribution in [1.29, 1.82) is 0 Å². The predicted molar refractivity (Wildman–Crippen MR) is 121 cm³/mol. The number of benzene rings is 1. The lowest BCUT2D eigenvalue weighted by Gasteiger charge is -2.04. The van der Waals surface area contributed by atoms with Crippen molar-refractivity contribution in [2.75, 3.05) is 0 Å². The summed E-state index contributed by atoms with van der Waals surface area (Å²) in [5.74, 6) is -0.635. The van der Waals surface area contributed by atoms with Gasteiger partial charge in [0.2, 0.25) is 0 Å². The SMILES string of the molecule is Oc1cncc(-c2ccc3[nH]nc(-c4cc5c(-c6cc(O)cc(F)c6)cncc5[nH]4)c3n2)c1. The Labute approximate surface area is 185 Å². The van der Waals surface area contributed by atoms with Gasteiger partial charge in [-0.25, -0.2) is 9.37 Å². The van der Waals surface area contributed by atoms with Crippen LogP contribution in [0.5, 0.6) is 11.5 Å². The number of phenolic OH excluding ortho intramolecular Hbond substituents is 1. The maximum Gasteiger partial charge on any atom is 0.135 e. The highest BCUT2D eigenvalue weighted by Crippen LogP contribution is 2.35. The first-order chi connectivity index (χ1) is 16.0. The zero-order valence-corrected chi connectivity index (χ0v) is 16.9. The van der Waals surface area contributed by atoms with Gasteiger partial charge in [0.1, 0.15) is 28.5 Å². The second kappa shape index (κ2) is 7.13. The quantitative estimate of drug-likeness (QED) is 0.315. The number of fused-ring (bicyclic) bond motifs is 2. The summed E-state index contributed by atoms with van der Waals surface area (Å²) in [5, 5.41) is 27.8. The standard InChI is InChI=1S/C24H15FN6O2/c25-14-3-12(4-15(32)6-14)18-10-27-11-22-17(18)7-21(28-22)24-23-20(30-31-24)2-1-19(29-23)13-5-16(33)9-26-8-13/h1-11,28,32-33H,(H,30,31). The van der Waals surface area contributed by atoms with Crippen molar-refractivity contribution in [1.82, 2.24) is 30.1 Å². The van der Waals surface area contributed by atoms with Gasteiger partial charge in [0.15, 0.2) is 0 Å². The lowest BCUT2D eigenvalue weighted by Crippen LogP contribution is -1.86. The molecule has 0 aliphatic heterocycles. The van der Waals surface area contributed by atoms with Gasteiger partial charge in [-0.2, -0.15) is 5.10 Å². The van der Waals surface area contributed by atoms with Crippen LogP contribution in [0.4, 0.5) is 4.39 Å². The maximum atomic E-state index is 13.9. The summed E-state index contributed by atoms with van der Waals surface area (Å²) in [6.07, 6.45) is 6.29. The van der Waals surface area contributed by atoms with E-state index in [0.717, 1.165) is 22.5 Å². The Bertz CT molecular complexity index is 1650. The van der Waals surface area contributed by atoms with E-state index in [0.29, 0.717) is 39.3 Å². The van der Waals surface area contributed by atoms with Crippen LogP contribution in [-0.4, -0.2) is 40.3 Å². The van der Waals surface area contributed by atoms with E-state index >= 15 is 0 Å². The van der Waals surface area contributed by atoms with Crippen LogP contribution in [-0.2, 0) is 0 Å². The largest absolute Gasteiger partial charge is 0.508 e. The first-order valence-electron chi connectivity index (χ1n) is 10.0. The molecule has 0 aliphatic rings. The van der Waals surface area contributed by atoms with Crippen molar-refractivity contribution in [3.63, 3.8) is 0 Å². The summed E-state index contributed by atoms with van der Waals surface area (Å²) < 4.78 is 13.9. The van der Waals surface area contributed by atoms with Crippen LogP contribution in [0.2, 0.25) is 0 Å². The molecule has 0 unspecified atom stereocenters. The van der Waals surface area contributed by atoms with Gasteiger partial charge in [-0.15, -0.1) is 0 Å². The molecule has 8 nitrogen and oxygen atoms in total. The monoisotopic (exact) mass is 438 g/mol. The number of nitrogens with zero attached hydrogens (tertiary/aromatic N) is 4. The summed E-state index contributed by atoms with van der Waals surface area (Å²) in [6.45, 7) is 0. The molecular formula is C24H15FN6O2. The Morgan fingerprint density at radius 2 is 1.64 bits per heavy atom. The van der Waals surface area contributed by atoms with Crippen LogP contribution in [0.25, 0.3) is 55.7 Å². The van der Waals surface area contributed by atoms with Crippen molar-refractivity contribution in [3.05, 3.63) is 73.1 Å². The van der Waals surface area contributed by atoms with Gasteiger partial charge < -0.3 is 15.2 Å². The molecule has 33 heavy (non-hydrogen) atoms. The minimum atomic E-state index is -0.533. The van der Waals surface area contributed by atoms with E-state index < -0.39 is 5.82 Å². The van der Waals surface area contributed by atoms with Crippen molar-refractivity contribution in [3.8, 4) is 45.3 Å². The number of aromatic amines is 2. The third-order valence-electron chi connectivity index (χ3n) is 5.42. The number of halogens is 1. The molecule has 0 radical (unpaired) electrons. The Morgan fingerprint density at radius 1 is 0.788 bits per heavy atom. The van der Waals surface area contributed by atoms with Crippen LogP contribution in [0.15, 0.2) is 67.3 Å². The molecule has 0 saturated carbocycles. The van der Waals surface area contributed by atoms with Crippen LogP contribution >= 0.6 is 0 Å². The number of pyridine rings is 3. The molecule has 0 spiro atoms. The summed E-state index contributed by atoms with van der Waals surface area (Å²) >= 11 is 0. The average Bonchev–Trinajstić information content (AvgIpc) is 3.41. The highest BCUT2D eigenvalue weighted by molar-refractivity contribution is 6.00. The summed E-state index contributed by atoms with van der Waals surface area (Å²) in [4.78, 5) is 16.3. The lowest BCUT2D eigenvalue weighted by atomic mass is 10.0. The number of aromatic nitrogens is 6. The molecule has 0 amide bonds. The highest BCUT2D eigenvalue weighted by atomic mass is 19.1. The molecule has 1 aromatic carbocycles. The smallest absolute Gasteiger partial charge is 0.135 e. The average molecular weight is 438 g/mol. The Morgan fingerprint density at radius 3 is 2.48 bits per heavy atom. The van der Waals surface area contributed by atoms with E-state index in [1.807, 2.05) is 18.2 Å². The normalized spacial score (nSPS) is 11.4. The van der Waals surface area contributed by atoms with Gasteiger partial charge in [0.05, 0.1) is 34.8 Å². The number of rotatable bonds is 3. The summed E-state index contributed by atoms with van der Waals surface area (Å²) in [5.41, 5.74) is 5.92. The fourth-order valence-corrected chi connectivity index (χ4v) is 3.95. The Kier molecular flexibility index (Phi) is 4.09. The van der Waals surface area contributed by atoms with Crippen LogP contribution in [0.1, 0.15) is 0 Å². The lowest BCUT2D eigenvalue weighted by molar-refractivity contribution is 0.469. The number of nitrogens with one attached hydrogen (secondary N) is 2. The topological polar surface area (TPSA) is 124 Å². The minimum absolute atomic E-state index is 0.0563. The van der Waals surface area contributed by atoms with Crippen molar-refractivity contribution < 1.29 is 14.6 Å². The third kappa shape index (κ3) is 3.23. The Hall–Kier alpha value is -4.79. The van der Waals surface area contributed by atoms with Gasteiger partial charge in [-0.05, 0) is 42.0 Å². The van der Waals surface area contributed by atoms with Gasteiger partial charge in [0.25, 0.3) is 0 Å². The van der Waals surface area contributed by atoms with Gasteiger partial charge in [-0.1, -0.05) is 0 Å². The molecule has 5 aromatic heterocycles. The number of phenols is 1. The van der Waals surface area contributed by atoms with E-state index in [1.165, 1.54) is 18.3 Å². The van der Waals surface area contributed by atoms with Gasteiger partial charge in [0, 0.05) is 35.0 Å². The molecule has 0 fully saturated rings. The highest BCUT2D eigenvalue weighted by Gasteiger charge is 2.16. The molecule has 9 heteroatoms. The molecule has 0 atom stereocenters. The van der Waals surface area contributed by atoms with Crippen LogP contribution < -0.4 is 0 Å². The van der Waals surface area contributed by atoms with Gasteiger partial charge in [-0.3, -0.25) is 15.1 Å². The molecular weight excluding hydrogens is 423 g/mol.